The Hall–Kier alpha value is -4.24. The smallest absolute Gasteiger partial charge is 0.261 e. The van der Waals surface area contributed by atoms with Crippen LogP contribution in [-0.2, 0) is 21.2 Å². The average Bonchev–Trinajstić information content (AvgIpc) is 3.38. The number of hydrogen-bond acceptors (Lipinski definition) is 7. The molecule has 41 heavy (non-hydrogen) atoms. The molecule has 10 nitrogen and oxygen atoms in total. The lowest BCUT2D eigenvalue weighted by molar-refractivity contribution is -0.133. The van der Waals surface area contributed by atoms with Crippen LogP contribution < -0.4 is 20.1 Å². The number of sulfonamides is 1. The van der Waals surface area contributed by atoms with Crippen LogP contribution in [-0.4, -0.2) is 63.5 Å². The molecule has 214 valence electrons. The van der Waals surface area contributed by atoms with Crippen molar-refractivity contribution in [1.82, 2.24) is 9.88 Å². The van der Waals surface area contributed by atoms with Gasteiger partial charge in [-0.2, -0.15) is 5.26 Å². The minimum absolute atomic E-state index is 0. The van der Waals surface area contributed by atoms with Crippen LogP contribution in [0.2, 0.25) is 0 Å². The highest BCUT2D eigenvalue weighted by atomic mass is 35.5. The van der Waals surface area contributed by atoms with Gasteiger partial charge in [0.15, 0.2) is 6.61 Å². The molecule has 1 amide bonds. The van der Waals surface area contributed by atoms with Crippen LogP contribution in [0.4, 0.5) is 11.4 Å². The summed E-state index contributed by atoms with van der Waals surface area (Å²) < 4.78 is 33.7. The van der Waals surface area contributed by atoms with Gasteiger partial charge in [-0.25, -0.2) is 8.42 Å². The number of aromatic amines is 1. The number of anilines is 2. The van der Waals surface area contributed by atoms with Gasteiger partial charge in [-0.3, -0.25) is 9.52 Å². The molecular formula is C29H31ClN6O4S. The maximum atomic E-state index is 12.8. The third-order valence-corrected chi connectivity index (χ3v) is 8.32. The predicted octanol–water partition coefficient (Wildman–Crippen LogP) is 3.49. The largest absolute Gasteiger partial charge is 0.484 e. The lowest BCUT2D eigenvalue weighted by atomic mass is 10.1. The quantitative estimate of drug-likeness (QED) is 0.269. The Morgan fingerprint density at radius 2 is 1.73 bits per heavy atom. The summed E-state index contributed by atoms with van der Waals surface area (Å²) in [5.74, 6) is 0.579. The van der Waals surface area contributed by atoms with E-state index in [0.717, 1.165) is 28.6 Å². The van der Waals surface area contributed by atoms with Crippen LogP contribution in [0.25, 0.3) is 10.9 Å². The number of nitrogens with two attached hydrogens (primary N) is 1. The first-order chi connectivity index (χ1) is 19.4. The highest BCUT2D eigenvalue weighted by Crippen LogP contribution is 2.25. The molecule has 0 aliphatic carbocycles. The number of nitrogens with one attached hydrogen (secondary N) is 2. The van der Waals surface area contributed by atoms with E-state index >= 15 is 0 Å². The first-order valence-electron chi connectivity index (χ1n) is 12.9. The summed E-state index contributed by atoms with van der Waals surface area (Å²) in [7, 11) is -3.77. The van der Waals surface area contributed by atoms with Gasteiger partial charge in [0.1, 0.15) is 5.75 Å². The van der Waals surface area contributed by atoms with E-state index in [0.29, 0.717) is 49.7 Å². The number of rotatable bonds is 9. The van der Waals surface area contributed by atoms with E-state index in [2.05, 4.69) is 14.6 Å². The highest BCUT2D eigenvalue weighted by Gasteiger charge is 2.22. The molecule has 0 radical (unpaired) electrons. The molecule has 0 saturated carbocycles. The van der Waals surface area contributed by atoms with Gasteiger partial charge in [0.2, 0.25) is 0 Å². The lowest BCUT2D eigenvalue weighted by Crippen LogP contribution is -2.50. The molecule has 1 fully saturated rings. The number of amides is 1. The Morgan fingerprint density at radius 1 is 1.02 bits per heavy atom. The van der Waals surface area contributed by atoms with E-state index in [1.807, 2.05) is 42.6 Å². The van der Waals surface area contributed by atoms with Gasteiger partial charge in [-0.15, -0.1) is 12.4 Å². The zero-order valence-electron chi connectivity index (χ0n) is 22.2. The zero-order chi connectivity index (χ0) is 28.1. The van der Waals surface area contributed by atoms with Gasteiger partial charge in [-0.05, 0) is 85.3 Å². The van der Waals surface area contributed by atoms with Crippen molar-refractivity contribution in [1.29, 1.82) is 5.26 Å². The van der Waals surface area contributed by atoms with E-state index in [4.69, 9.17) is 15.7 Å². The van der Waals surface area contributed by atoms with Crippen molar-refractivity contribution in [3.8, 4) is 11.8 Å². The predicted molar refractivity (Wildman–Crippen MR) is 161 cm³/mol. The Labute approximate surface area is 245 Å². The molecule has 1 aromatic heterocycles. The number of aromatic nitrogens is 1. The number of halogens is 1. The van der Waals surface area contributed by atoms with Crippen molar-refractivity contribution >= 4 is 50.6 Å². The SMILES string of the molecule is Cl.N#Cc1ccc(S(=O)(=O)Nc2ccc(N3CCN(C(=O)COc4ccc5[nH]cc(CCN)c5c4)CC3)cc2)cc1. The number of ether oxygens (including phenoxy) is 1. The molecule has 0 atom stereocenters. The second-order valence-corrected chi connectivity index (χ2v) is 11.2. The van der Waals surface area contributed by atoms with Crippen LogP contribution in [0, 0.1) is 11.3 Å². The molecule has 0 unspecified atom stereocenters. The minimum Gasteiger partial charge on any atom is -0.484 e. The molecule has 0 bridgehead atoms. The third kappa shape index (κ3) is 6.92. The van der Waals surface area contributed by atoms with E-state index < -0.39 is 10.0 Å². The number of fused-ring (bicyclic) bond motifs is 1. The second kappa shape index (κ2) is 13.0. The monoisotopic (exact) mass is 594 g/mol. The first-order valence-corrected chi connectivity index (χ1v) is 14.4. The Bertz CT molecular complexity index is 1640. The minimum atomic E-state index is -3.77. The molecule has 5 rings (SSSR count). The Kier molecular flexibility index (Phi) is 9.39. The molecule has 1 aliphatic rings. The molecular weight excluding hydrogens is 564 g/mol. The van der Waals surface area contributed by atoms with E-state index in [1.165, 1.54) is 24.3 Å². The van der Waals surface area contributed by atoms with Crippen LogP contribution in [0.1, 0.15) is 11.1 Å². The van der Waals surface area contributed by atoms with Gasteiger partial charge in [0, 0.05) is 54.7 Å². The third-order valence-electron chi connectivity index (χ3n) is 6.93. The van der Waals surface area contributed by atoms with Crippen molar-refractivity contribution in [2.24, 2.45) is 5.73 Å². The van der Waals surface area contributed by atoms with Gasteiger partial charge in [0.25, 0.3) is 15.9 Å². The van der Waals surface area contributed by atoms with Crippen molar-refractivity contribution in [3.05, 3.63) is 84.1 Å². The molecule has 12 heteroatoms. The Balaban J connectivity index is 0.00000387. The number of carbonyl (C=O) groups excluding carboxylic acids is 1. The summed E-state index contributed by atoms with van der Waals surface area (Å²) in [4.78, 5) is 20.1. The molecule has 1 aliphatic heterocycles. The fraction of sp³-hybridized carbons (Fsp3) is 0.241. The van der Waals surface area contributed by atoms with Crippen LogP contribution in [0.15, 0.2) is 77.8 Å². The van der Waals surface area contributed by atoms with E-state index in [1.54, 1.807) is 17.0 Å². The number of benzene rings is 3. The molecule has 3 aromatic carbocycles. The van der Waals surface area contributed by atoms with Crippen molar-refractivity contribution in [3.63, 3.8) is 0 Å². The van der Waals surface area contributed by atoms with E-state index in [-0.39, 0.29) is 29.8 Å². The first kappa shape index (κ1) is 29.7. The number of hydrogen-bond donors (Lipinski definition) is 3. The normalized spacial score (nSPS) is 13.4. The summed E-state index contributed by atoms with van der Waals surface area (Å²) >= 11 is 0. The summed E-state index contributed by atoms with van der Waals surface area (Å²) in [6.07, 6.45) is 2.72. The standard InChI is InChI=1S/C29H30N6O4S.ClH/c30-12-11-22-19-32-28-10-7-25(17-27(22)28)39-20-29(36)35-15-13-34(14-16-35)24-5-3-23(4-6-24)33-40(37,38)26-8-1-21(18-31)2-9-26;/h1-10,17,19,32-33H,11-16,20,30H2;1H. The lowest BCUT2D eigenvalue weighted by Gasteiger charge is -2.36. The molecule has 0 spiro atoms. The molecule has 2 heterocycles. The van der Waals surface area contributed by atoms with Crippen molar-refractivity contribution < 1.29 is 17.9 Å². The summed E-state index contributed by atoms with van der Waals surface area (Å²) in [6.45, 7) is 2.96. The van der Waals surface area contributed by atoms with Crippen molar-refractivity contribution in [2.45, 2.75) is 11.3 Å². The Morgan fingerprint density at radius 3 is 2.39 bits per heavy atom. The number of nitriles is 1. The van der Waals surface area contributed by atoms with Crippen molar-refractivity contribution in [2.75, 3.05) is 49.0 Å². The van der Waals surface area contributed by atoms with E-state index in [9.17, 15) is 13.2 Å². The van der Waals surface area contributed by atoms with Gasteiger partial charge >= 0.3 is 0 Å². The fourth-order valence-electron chi connectivity index (χ4n) is 4.72. The summed E-state index contributed by atoms with van der Waals surface area (Å²) in [5, 5.41) is 9.96. The van der Waals surface area contributed by atoms with Gasteiger partial charge in [0.05, 0.1) is 16.5 Å². The second-order valence-electron chi connectivity index (χ2n) is 9.51. The van der Waals surface area contributed by atoms with Crippen LogP contribution in [0.3, 0.4) is 0 Å². The number of piperazine rings is 1. The number of nitrogens with zero attached hydrogens (tertiary/aromatic N) is 3. The number of carbonyl (C=O) groups is 1. The summed E-state index contributed by atoms with van der Waals surface area (Å²) in [5.41, 5.74) is 9.61. The van der Waals surface area contributed by atoms with Crippen LogP contribution in [0.5, 0.6) is 5.75 Å². The van der Waals surface area contributed by atoms with Crippen LogP contribution >= 0.6 is 12.4 Å². The zero-order valence-corrected chi connectivity index (χ0v) is 23.9. The molecule has 4 aromatic rings. The maximum absolute atomic E-state index is 12.8. The summed E-state index contributed by atoms with van der Waals surface area (Å²) in [6, 6.07) is 20.6. The topological polar surface area (TPSA) is 145 Å². The molecule has 4 N–H and O–H groups in total. The number of H-pyrrole nitrogens is 1. The van der Waals surface area contributed by atoms with Gasteiger partial charge < -0.3 is 25.3 Å². The van der Waals surface area contributed by atoms with Gasteiger partial charge in [-0.1, -0.05) is 0 Å². The average molecular weight is 595 g/mol. The molecule has 1 saturated heterocycles. The fourth-order valence-corrected chi connectivity index (χ4v) is 5.78. The maximum Gasteiger partial charge on any atom is 0.261 e. The highest BCUT2D eigenvalue weighted by molar-refractivity contribution is 7.92.